The average Bonchev–Trinajstić information content (AvgIpc) is 2.78. The Morgan fingerprint density at radius 3 is 2.55 bits per heavy atom. The van der Waals surface area contributed by atoms with Gasteiger partial charge in [0.1, 0.15) is 0 Å². The number of hydrogen-bond donors (Lipinski definition) is 2. The first-order chi connectivity index (χ1) is 15.6. The molecule has 7 nitrogen and oxygen atoms in total. The van der Waals surface area contributed by atoms with Crippen LogP contribution in [0.3, 0.4) is 0 Å². The predicted molar refractivity (Wildman–Crippen MR) is 138 cm³/mol. The third-order valence-corrected chi connectivity index (χ3v) is 8.28. The molecule has 33 heavy (non-hydrogen) atoms. The van der Waals surface area contributed by atoms with Gasteiger partial charge in [-0.15, -0.1) is 0 Å². The number of nitrogens with one attached hydrogen (secondary N) is 2. The number of allylic oxidation sites excluding steroid dienone is 4. The molecule has 0 bridgehead atoms. The first-order valence-electron chi connectivity index (χ1n) is 11.2. The predicted octanol–water partition coefficient (Wildman–Crippen LogP) is 4.31. The zero-order valence-corrected chi connectivity index (χ0v) is 21.4. The smallest absolute Gasteiger partial charge is 0.243 e. The van der Waals surface area contributed by atoms with Crippen molar-refractivity contribution in [2.24, 2.45) is 16.4 Å². The lowest BCUT2D eigenvalue weighted by atomic mass is 9.68. The van der Waals surface area contributed by atoms with Crippen molar-refractivity contribution in [3.05, 3.63) is 48.1 Å². The minimum Gasteiger partial charge on any atom is -0.379 e. The molecule has 1 aromatic rings. The van der Waals surface area contributed by atoms with Crippen LogP contribution in [0.5, 0.6) is 0 Å². The summed E-state index contributed by atoms with van der Waals surface area (Å²) < 4.78 is 32.1. The van der Waals surface area contributed by atoms with E-state index in [-0.39, 0.29) is 10.3 Å². The zero-order chi connectivity index (χ0) is 24.1. The minimum atomic E-state index is -3.51. The van der Waals surface area contributed by atoms with Crippen LogP contribution in [0.25, 0.3) is 0 Å². The maximum absolute atomic E-state index is 12.7. The number of hydrazone groups is 1. The lowest BCUT2D eigenvalue weighted by molar-refractivity contribution is 0.0730. The molecular formula is C24H34N4O3S2. The molecule has 1 aliphatic carbocycles. The third-order valence-electron chi connectivity index (χ3n) is 6.17. The van der Waals surface area contributed by atoms with Crippen molar-refractivity contribution in [1.82, 2.24) is 9.73 Å². The number of benzene rings is 1. The van der Waals surface area contributed by atoms with E-state index < -0.39 is 10.0 Å². The van der Waals surface area contributed by atoms with Crippen LogP contribution in [0, 0.1) is 11.3 Å². The van der Waals surface area contributed by atoms with Gasteiger partial charge >= 0.3 is 0 Å². The maximum Gasteiger partial charge on any atom is 0.243 e. The van der Waals surface area contributed by atoms with Gasteiger partial charge in [-0.05, 0) is 74.7 Å². The van der Waals surface area contributed by atoms with Gasteiger partial charge in [-0.1, -0.05) is 31.6 Å². The molecule has 2 N–H and O–H groups in total. The van der Waals surface area contributed by atoms with Crippen LogP contribution in [-0.2, 0) is 14.8 Å². The molecule has 1 fully saturated rings. The van der Waals surface area contributed by atoms with E-state index in [2.05, 4.69) is 48.8 Å². The summed E-state index contributed by atoms with van der Waals surface area (Å²) in [6, 6.07) is 6.54. The Balaban J connectivity index is 1.55. The Labute approximate surface area is 203 Å². The molecule has 3 rings (SSSR count). The Morgan fingerprint density at radius 2 is 1.91 bits per heavy atom. The SMILES string of the molecule is CC1=CCCC(C)(C)[C@H]1/C=C/C(C)=N\NC(=S)Nc1ccc(S(=O)(=O)N2CCOCC2)cc1. The Hall–Kier alpha value is -2.07. The number of ether oxygens (including phenoxy) is 1. The first kappa shape index (κ1) is 25.6. The number of thiocarbonyl (C=S) groups is 1. The summed E-state index contributed by atoms with van der Waals surface area (Å²) in [5.74, 6) is 0.397. The van der Waals surface area contributed by atoms with Gasteiger partial charge in [0, 0.05) is 24.7 Å². The molecule has 0 unspecified atom stereocenters. The summed E-state index contributed by atoms with van der Waals surface area (Å²) in [6.45, 7) is 10.3. The van der Waals surface area contributed by atoms with E-state index >= 15 is 0 Å². The number of sulfonamides is 1. The number of nitrogens with zero attached hydrogens (tertiary/aromatic N) is 2. The summed E-state index contributed by atoms with van der Waals surface area (Å²) in [5.41, 5.74) is 5.99. The van der Waals surface area contributed by atoms with Gasteiger partial charge in [-0.3, -0.25) is 5.43 Å². The molecule has 2 aliphatic rings. The Morgan fingerprint density at radius 1 is 1.24 bits per heavy atom. The molecule has 9 heteroatoms. The van der Waals surface area contributed by atoms with Crippen LogP contribution in [0.15, 0.2) is 58.1 Å². The van der Waals surface area contributed by atoms with Gasteiger partial charge in [0.2, 0.25) is 10.0 Å². The van der Waals surface area contributed by atoms with E-state index in [9.17, 15) is 8.42 Å². The Bertz CT molecular complexity index is 1040. The second-order valence-corrected chi connectivity index (χ2v) is 11.5. The molecule has 1 atom stereocenters. The van der Waals surface area contributed by atoms with Crippen molar-refractivity contribution in [2.75, 3.05) is 31.6 Å². The molecular weight excluding hydrogens is 456 g/mol. The lowest BCUT2D eigenvalue weighted by Crippen LogP contribution is -2.40. The molecule has 1 aromatic carbocycles. The molecule has 0 saturated carbocycles. The molecule has 0 amide bonds. The largest absolute Gasteiger partial charge is 0.379 e. The van der Waals surface area contributed by atoms with E-state index in [1.807, 2.05) is 13.0 Å². The van der Waals surface area contributed by atoms with Crippen molar-refractivity contribution < 1.29 is 13.2 Å². The Kier molecular flexibility index (Phi) is 8.44. The van der Waals surface area contributed by atoms with Gasteiger partial charge in [0.05, 0.1) is 23.8 Å². The van der Waals surface area contributed by atoms with Crippen LogP contribution in [0.1, 0.15) is 40.5 Å². The van der Waals surface area contributed by atoms with E-state index in [0.29, 0.717) is 43.0 Å². The molecule has 1 aliphatic heterocycles. The molecule has 0 spiro atoms. The van der Waals surface area contributed by atoms with Crippen molar-refractivity contribution in [1.29, 1.82) is 0 Å². The van der Waals surface area contributed by atoms with Gasteiger partial charge in [0.25, 0.3) is 0 Å². The molecule has 180 valence electrons. The van der Waals surface area contributed by atoms with Crippen molar-refractivity contribution in [3.8, 4) is 0 Å². The van der Waals surface area contributed by atoms with E-state index in [0.717, 1.165) is 12.1 Å². The number of rotatable bonds is 6. The molecule has 0 radical (unpaired) electrons. The summed E-state index contributed by atoms with van der Waals surface area (Å²) in [5, 5.41) is 7.70. The van der Waals surface area contributed by atoms with Crippen molar-refractivity contribution in [2.45, 2.75) is 45.4 Å². The fraction of sp³-hybridized carbons (Fsp3) is 0.500. The minimum absolute atomic E-state index is 0.237. The molecule has 0 aromatic heterocycles. The van der Waals surface area contributed by atoms with Crippen molar-refractivity contribution >= 4 is 38.8 Å². The second-order valence-electron chi connectivity index (χ2n) is 9.17. The highest BCUT2D eigenvalue weighted by molar-refractivity contribution is 7.89. The van der Waals surface area contributed by atoms with E-state index in [4.69, 9.17) is 17.0 Å². The molecule has 1 heterocycles. The normalized spacial score (nSPS) is 22.1. The number of hydrogen-bond acceptors (Lipinski definition) is 5. The number of anilines is 1. The molecule has 1 saturated heterocycles. The fourth-order valence-corrected chi connectivity index (χ4v) is 5.77. The summed E-state index contributed by atoms with van der Waals surface area (Å²) in [4.78, 5) is 0.253. The average molecular weight is 491 g/mol. The summed E-state index contributed by atoms with van der Waals surface area (Å²) >= 11 is 5.32. The van der Waals surface area contributed by atoms with Gasteiger partial charge in [0.15, 0.2) is 5.11 Å². The highest BCUT2D eigenvalue weighted by Gasteiger charge is 2.30. The zero-order valence-electron chi connectivity index (χ0n) is 19.8. The van der Waals surface area contributed by atoms with Gasteiger partial charge in [-0.25, -0.2) is 8.42 Å². The number of morpholine rings is 1. The van der Waals surface area contributed by atoms with Crippen molar-refractivity contribution in [3.63, 3.8) is 0 Å². The van der Waals surface area contributed by atoms with Gasteiger partial charge < -0.3 is 10.1 Å². The van der Waals surface area contributed by atoms with E-state index in [1.54, 1.807) is 24.3 Å². The summed E-state index contributed by atoms with van der Waals surface area (Å²) in [6.07, 6.45) is 8.87. The van der Waals surface area contributed by atoms with E-state index in [1.165, 1.54) is 16.3 Å². The topological polar surface area (TPSA) is 83.0 Å². The van der Waals surface area contributed by atoms with Crippen LogP contribution in [-0.4, -0.2) is 49.9 Å². The van der Waals surface area contributed by atoms with Crippen LogP contribution < -0.4 is 10.7 Å². The van der Waals surface area contributed by atoms with Gasteiger partial charge in [-0.2, -0.15) is 9.41 Å². The second kappa shape index (κ2) is 10.9. The fourth-order valence-electron chi connectivity index (χ4n) is 4.20. The first-order valence-corrected chi connectivity index (χ1v) is 13.1. The highest BCUT2D eigenvalue weighted by Crippen LogP contribution is 2.41. The van der Waals surface area contributed by atoms with Crippen LogP contribution in [0.4, 0.5) is 5.69 Å². The summed E-state index contributed by atoms with van der Waals surface area (Å²) in [7, 11) is -3.51. The lowest BCUT2D eigenvalue weighted by Gasteiger charge is -2.36. The quantitative estimate of drug-likeness (QED) is 0.268. The van der Waals surface area contributed by atoms with Crippen LogP contribution >= 0.6 is 12.2 Å². The third kappa shape index (κ3) is 6.72. The monoisotopic (exact) mass is 490 g/mol. The van der Waals surface area contributed by atoms with Crippen LogP contribution in [0.2, 0.25) is 0 Å². The standard InChI is InChI=1S/C24H34N4O3S2/c1-18-6-5-13-24(3,4)22(18)12-7-19(2)26-27-23(32)25-20-8-10-21(11-9-20)33(29,30)28-14-16-31-17-15-28/h6-12,22H,5,13-17H2,1-4H3,(H2,25,27,32)/b12-7+,26-19-/t22-/m0/s1. The maximum atomic E-state index is 12.7. The highest BCUT2D eigenvalue weighted by atomic mass is 32.2.